The van der Waals surface area contributed by atoms with Crippen molar-refractivity contribution in [1.29, 1.82) is 0 Å². The highest BCUT2D eigenvalue weighted by Gasteiger charge is 2.47. The number of amides is 1. The molecular weight excluding hydrogens is 186 g/mol. The smallest absolute Gasteiger partial charge is 0.226 e. The second-order valence-electron chi connectivity index (χ2n) is 4.20. The van der Waals surface area contributed by atoms with Gasteiger partial charge in [-0.15, -0.1) is 11.8 Å². The standard InChI is InChI=1S/C13H21NO.H2/c1-3-5-6-7-8-11-14-12(15)13(4-2)9-10-13;/h3-4,7-11H2,1-2H3,(H,14,15);1H. The number of hydrogen-bond acceptors (Lipinski definition) is 1. The Morgan fingerprint density at radius 2 is 2.13 bits per heavy atom. The maximum atomic E-state index is 11.7. The van der Waals surface area contributed by atoms with Crippen molar-refractivity contribution < 1.29 is 6.22 Å². The molecule has 0 aromatic rings. The fraction of sp³-hybridized carbons (Fsp3) is 0.769. The van der Waals surface area contributed by atoms with Gasteiger partial charge in [-0.25, -0.2) is 0 Å². The van der Waals surface area contributed by atoms with E-state index in [9.17, 15) is 4.79 Å². The van der Waals surface area contributed by atoms with Gasteiger partial charge in [0.1, 0.15) is 0 Å². The van der Waals surface area contributed by atoms with E-state index >= 15 is 0 Å². The van der Waals surface area contributed by atoms with E-state index in [0.717, 1.165) is 45.1 Å². The van der Waals surface area contributed by atoms with Crippen LogP contribution >= 0.6 is 0 Å². The minimum Gasteiger partial charge on any atom is -0.356 e. The van der Waals surface area contributed by atoms with Gasteiger partial charge in [-0.3, -0.25) is 4.79 Å². The molecule has 1 N–H and O–H groups in total. The summed E-state index contributed by atoms with van der Waals surface area (Å²) in [6, 6.07) is 0. The molecule has 0 atom stereocenters. The normalized spacial score (nSPS) is 16.4. The minimum atomic E-state index is 0. The van der Waals surface area contributed by atoms with Crippen molar-refractivity contribution in [1.82, 2.24) is 5.32 Å². The van der Waals surface area contributed by atoms with Gasteiger partial charge in [0.25, 0.3) is 0 Å². The third kappa shape index (κ3) is 3.58. The van der Waals surface area contributed by atoms with Gasteiger partial charge in [-0.2, -0.15) is 0 Å². The van der Waals surface area contributed by atoms with Crippen LogP contribution in [0.15, 0.2) is 0 Å². The lowest BCUT2D eigenvalue weighted by Crippen LogP contribution is -2.32. The van der Waals surface area contributed by atoms with E-state index in [-0.39, 0.29) is 12.7 Å². The Hall–Kier alpha value is -0.970. The van der Waals surface area contributed by atoms with Crippen molar-refractivity contribution in [2.45, 2.75) is 52.4 Å². The summed E-state index contributed by atoms with van der Waals surface area (Å²) in [5.41, 5.74) is 0.00902. The predicted molar refractivity (Wildman–Crippen MR) is 64.4 cm³/mol. The van der Waals surface area contributed by atoms with Crippen LogP contribution in [0.3, 0.4) is 0 Å². The highest BCUT2D eigenvalue weighted by atomic mass is 16.2. The first-order valence-corrected chi connectivity index (χ1v) is 5.99. The van der Waals surface area contributed by atoms with Gasteiger partial charge in [-0.05, 0) is 25.7 Å². The lowest BCUT2D eigenvalue weighted by Gasteiger charge is -2.11. The summed E-state index contributed by atoms with van der Waals surface area (Å²) in [4.78, 5) is 11.7. The molecule has 2 nitrogen and oxygen atoms in total. The molecule has 0 radical (unpaired) electrons. The van der Waals surface area contributed by atoms with Gasteiger partial charge in [0.15, 0.2) is 0 Å². The van der Waals surface area contributed by atoms with Crippen LogP contribution in [0.5, 0.6) is 0 Å². The molecule has 0 aromatic carbocycles. The summed E-state index contributed by atoms with van der Waals surface area (Å²) in [5.74, 6) is 6.36. The molecule has 1 rings (SSSR count). The Kier molecular flexibility index (Phi) is 4.68. The molecule has 0 bridgehead atoms. The van der Waals surface area contributed by atoms with Gasteiger partial charge >= 0.3 is 0 Å². The van der Waals surface area contributed by atoms with Crippen LogP contribution in [0.25, 0.3) is 0 Å². The number of hydrogen-bond donors (Lipinski definition) is 1. The van der Waals surface area contributed by atoms with Crippen LogP contribution in [-0.4, -0.2) is 12.5 Å². The van der Waals surface area contributed by atoms with Crippen LogP contribution in [0.1, 0.15) is 53.8 Å². The Balaban J connectivity index is 0.00000225. The molecule has 1 amide bonds. The molecule has 1 saturated carbocycles. The molecule has 0 unspecified atom stereocenters. The largest absolute Gasteiger partial charge is 0.356 e. The Bertz CT molecular complexity index is 273. The first-order chi connectivity index (χ1) is 7.25. The lowest BCUT2D eigenvalue weighted by molar-refractivity contribution is -0.126. The van der Waals surface area contributed by atoms with E-state index in [2.05, 4.69) is 24.1 Å². The fourth-order valence-electron chi connectivity index (χ4n) is 1.67. The number of rotatable bonds is 5. The van der Waals surface area contributed by atoms with Crippen molar-refractivity contribution in [3.63, 3.8) is 0 Å². The number of carbonyl (C=O) groups excluding carboxylic acids is 1. The van der Waals surface area contributed by atoms with E-state index < -0.39 is 0 Å². The van der Waals surface area contributed by atoms with Gasteiger partial charge < -0.3 is 5.32 Å². The topological polar surface area (TPSA) is 29.1 Å². The Morgan fingerprint density at radius 1 is 1.40 bits per heavy atom. The van der Waals surface area contributed by atoms with Gasteiger partial charge in [0.05, 0.1) is 0 Å². The average Bonchev–Trinajstić information content (AvgIpc) is 3.03. The summed E-state index contributed by atoms with van der Waals surface area (Å²) < 4.78 is 0. The molecule has 0 heterocycles. The number of nitrogens with one attached hydrogen (secondary N) is 1. The number of unbranched alkanes of at least 4 members (excludes halogenated alkanes) is 1. The second kappa shape index (κ2) is 5.80. The monoisotopic (exact) mass is 209 g/mol. The van der Waals surface area contributed by atoms with E-state index in [4.69, 9.17) is 0 Å². The molecule has 1 aliphatic rings. The maximum absolute atomic E-state index is 11.7. The summed E-state index contributed by atoms with van der Waals surface area (Å²) in [6.45, 7) is 4.92. The summed E-state index contributed by atoms with van der Waals surface area (Å²) in [7, 11) is 0. The Morgan fingerprint density at radius 3 is 2.67 bits per heavy atom. The van der Waals surface area contributed by atoms with Gasteiger partial charge in [0.2, 0.25) is 5.91 Å². The fourth-order valence-corrected chi connectivity index (χ4v) is 1.67. The molecule has 0 aliphatic heterocycles. The quantitative estimate of drug-likeness (QED) is 0.547. The SMILES string of the molecule is CCC#CCCCNC(=O)C1(CC)CC1.[HH]. The molecule has 1 fully saturated rings. The molecule has 0 saturated heterocycles. The van der Waals surface area contributed by atoms with Gasteiger partial charge in [-0.1, -0.05) is 13.8 Å². The van der Waals surface area contributed by atoms with Crippen molar-refractivity contribution in [2.75, 3.05) is 6.54 Å². The zero-order valence-corrected chi connectivity index (χ0v) is 9.86. The zero-order valence-electron chi connectivity index (χ0n) is 9.86. The first kappa shape index (κ1) is 12.1. The van der Waals surface area contributed by atoms with Crippen LogP contribution < -0.4 is 5.32 Å². The molecule has 0 spiro atoms. The van der Waals surface area contributed by atoms with Crippen molar-refractivity contribution in [2.24, 2.45) is 5.41 Å². The van der Waals surface area contributed by atoms with Crippen molar-refractivity contribution in [3.05, 3.63) is 0 Å². The third-order valence-corrected chi connectivity index (χ3v) is 3.08. The first-order valence-electron chi connectivity index (χ1n) is 5.99. The third-order valence-electron chi connectivity index (χ3n) is 3.08. The van der Waals surface area contributed by atoms with Crippen molar-refractivity contribution in [3.8, 4) is 11.8 Å². The molecular formula is C13H23NO. The number of carbonyl (C=O) groups is 1. The van der Waals surface area contributed by atoms with E-state index in [1.54, 1.807) is 0 Å². The second-order valence-corrected chi connectivity index (χ2v) is 4.20. The van der Waals surface area contributed by atoms with E-state index in [1.165, 1.54) is 0 Å². The highest BCUT2D eigenvalue weighted by Crippen LogP contribution is 2.48. The molecule has 2 heteroatoms. The van der Waals surface area contributed by atoms with Crippen LogP contribution in [0, 0.1) is 17.3 Å². The van der Waals surface area contributed by atoms with E-state index in [1.807, 2.05) is 6.92 Å². The van der Waals surface area contributed by atoms with Crippen LogP contribution in [0.4, 0.5) is 0 Å². The molecule has 0 aromatic heterocycles. The van der Waals surface area contributed by atoms with Gasteiger partial charge in [0, 0.05) is 26.2 Å². The summed E-state index contributed by atoms with van der Waals surface area (Å²) in [6.07, 6.45) is 5.92. The minimum absolute atomic E-state index is 0. The predicted octanol–water partition coefficient (Wildman–Crippen LogP) is 2.73. The summed E-state index contributed by atoms with van der Waals surface area (Å²) >= 11 is 0. The Labute approximate surface area is 94.3 Å². The summed E-state index contributed by atoms with van der Waals surface area (Å²) in [5, 5.41) is 3.01. The molecule has 15 heavy (non-hydrogen) atoms. The highest BCUT2D eigenvalue weighted by molar-refractivity contribution is 5.85. The molecule has 86 valence electrons. The average molecular weight is 209 g/mol. The van der Waals surface area contributed by atoms with Crippen molar-refractivity contribution >= 4 is 5.91 Å². The van der Waals surface area contributed by atoms with Crippen LogP contribution in [0.2, 0.25) is 0 Å². The van der Waals surface area contributed by atoms with E-state index in [0.29, 0.717) is 0 Å². The van der Waals surface area contributed by atoms with Crippen LogP contribution in [-0.2, 0) is 4.79 Å². The maximum Gasteiger partial charge on any atom is 0.226 e. The molecule has 1 aliphatic carbocycles. The zero-order chi connectivity index (χ0) is 11.1. The lowest BCUT2D eigenvalue weighted by atomic mass is 10.0.